The number of aromatic nitrogens is 2. The third kappa shape index (κ3) is 2.55. The van der Waals surface area contributed by atoms with Crippen molar-refractivity contribution in [2.45, 2.75) is 31.5 Å². The molecular formula is C12H18ClN5O. The molecule has 2 N–H and O–H groups in total. The van der Waals surface area contributed by atoms with Gasteiger partial charge in [-0.3, -0.25) is 4.68 Å². The zero-order valence-electron chi connectivity index (χ0n) is 10.9. The minimum Gasteiger partial charge on any atom is -0.332 e. The van der Waals surface area contributed by atoms with Gasteiger partial charge in [0.05, 0.1) is 11.6 Å². The second kappa shape index (κ2) is 5.02. The Morgan fingerprint density at radius 3 is 3.00 bits per heavy atom. The monoisotopic (exact) mass is 283 g/mol. The molecule has 7 heteroatoms. The van der Waals surface area contributed by atoms with E-state index in [2.05, 4.69) is 15.7 Å². The van der Waals surface area contributed by atoms with Crippen LogP contribution >= 0.6 is 11.6 Å². The first-order chi connectivity index (χ1) is 9.13. The van der Waals surface area contributed by atoms with Gasteiger partial charge in [-0.2, -0.15) is 5.10 Å². The van der Waals surface area contributed by atoms with Crippen LogP contribution in [0.4, 0.5) is 4.79 Å². The van der Waals surface area contributed by atoms with E-state index >= 15 is 0 Å². The molecule has 3 aliphatic heterocycles. The molecular weight excluding hydrogens is 266 g/mol. The molecule has 3 fully saturated rings. The number of amides is 2. The fourth-order valence-electron chi connectivity index (χ4n) is 2.84. The van der Waals surface area contributed by atoms with Crippen molar-refractivity contribution >= 4 is 17.6 Å². The summed E-state index contributed by atoms with van der Waals surface area (Å²) in [6.07, 6.45) is 3.99. The highest BCUT2D eigenvalue weighted by Crippen LogP contribution is 2.22. The van der Waals surface area contributed by atoms with Crippen LogP contribution in [0, 0.1) is 0 Å². The third-order valence-corrected chi connectivity index (χ3v) is 4.19. The predicted molar refractivity (Wildman–Crippen MR) is 72.0 cm³/mol. The number of nitrogens with one attached hydrogen (secondary N) is 2. The quantitative estimate of drug-likeness (QED) is 0.841. The number of hydrogen-bond acceptors (Lipinski definition) is 3. The molecule has 2 amide bonds. The van der Waals surface area contributed by atoms with E-state index < -0.39 is 0 Å². The maximum atomic E-state index is 12.2. The van der Waals surface area contributed by atoms with Crippen LogP contribution in [-0.2, 0) is 13.6 Å². The SMILES string of the molecule is Cn1cc(Cl)c(CNC(=O)N2CC3CCC2CN3)n1. The first kappa shape index (κ1) is 12.7. The van der Waals surface area contributed by atoms with Gasteiger partial charge >= 0.3 is 6.03 Å². The summed E-state index contributed by atoms with van der Waals surface area (Å²) in [5.41, 5.74) is 0.706. The van der Waals surface area contributed by atoms with Gasteiger partial charge in [-0.1, -0.05) is 11.6 Å². The average molecular weight is 284 g/mol. The lowest BCUT2D eigenvalue weighted by atomic mass is 9.93. The zero-order valence-corrected chi connectivity index (χ0v) is 11.7. The summed E-state index contributed by atoms with van der Waals surface area (Å²) in [5.74, 6) is 0. The standard InChI is InChI=1S/C12H18ClN5O/c1-17-7-10(13)11(16-17)5-15-12(19)18-6-8-2-3-9(18)4-14-8/h7-9,14H,2-6H2,1H3,(H,15,19). The van der Waals surface area contributed by atoms with Crippen molar-refractivity contribution in [3.8, 4) is 0 Å². The first-order valence-corrected chi connectivity index (χ1v) is 6.97. The molecule has 4 heterocycles. The molecule has 0 aliphatic carbocycles. The largest absolute Gasteiger partial charge is 0.332 e. The van der Waals surface area contributed by atoms with Gasteiger partial charge < -0.3 is 15.5 Å². The van der Waals surface area contributed by atoms with Gasteiger partial charge in [0.25, 0.3) is 0 Å². The Bertz CT molecular complexity index is 480. The van der Waals surface area contributed by atoms with Crippen LogP contribution in [-0.4, -0.2) is 45.9 Å². The van der Waals surface area contributed by atoms with Crippen LogP contribution in [0.1, 0.15) is 18.5 Å². The Hall–Kier alpha value is -1.27. The van der Waals surface area contributed by atoms with Gasteiger partial charge in [0.1, 0.15) is 5.69 Å². The molecule has 3 saturated heterocycles. The number of aryl methyl sites for hydroxylation is 1. The normalized spacial score (nSPS) is 25.7. The van der Waals surface area contributed by atoms with Crippen LogP contribution in [0.2, 0.25) is 5.02 Å². The van der Waals surface area contributed by atoms with Crippen molar-refractivity contribution in [3.63, 3.8) is 0 Å². The number of rotatable bonds is 2. The highest BCUT2D eigenvalue weighted by molar-refractivity contribution is 6.31. The molecule has 2 bridgehead atoms. The second-order valence-corrected chi connectivity index (χ2v) is 5.65. The van der Waals surface area contributed by atoms with E-state index in [1.165, 1.54) is 6.42 Å². The van der Waals surface area contributed by atoms with Gasteiger partial charge in [-0.15, -0.1) is 0 Å². The Balaban J connectivity index is 1.58. The van der Waals surface area contributed by atoms with Crippen molar-refractivity contribution < 1.29 is 4.79 Å². The van der Waals surface area contributed by atoms with Crippen molar-refractivity contribution in [1.29, 1.82) is 0 Å². The van der Waals surface area contributed by atoms with Gasteiger partial charge in [0.2, 0.25) is 0 Å². The Morgan fingerprint density at radius 1 is 1.63 bits per heavy atom. The molecule has 104 valence electrons. The maximum Gasteiger partial charge on any atom is 0.318 e. The van der Waals surface area contributed by atoms with E-state index in [4.69, 9.17) is 11.6 Å². The van der Waals surface area contributed by atoms with E-state index in [1.807, 2.05) is 11.9 Å². The van der Waals surface area contributed by atoms with Crippen LogP contribution in [0.25, 0.3) is 0 Å². The van der Waals surface area contributed by atoms with Crippen LogP contribution in [0.3, 0.4) is 0 Å². The predicted octanol–water partition coefficient (Wildman–Crippen LogP) is 0.719. The Labute approximate surface area is 117 Å². The first-order valence-electron chi connectivity index (χ1n) is 6.59. The van der Waals surface area contributed by atoms with Crippen molar-refractivity contribution in [3.05, 3.63) is 16.9 Å². The Kier molecular flexibility index (Phi) is 3.36. The summed E-state index contributed by atoms with van der Waals surface area (Å²) in [7, 11) is 1.81. The van der Waals surface area contributed by atoms with E-state index in [1.54, 1.807) is 10.9 Å². The lowest BCUT2D eigenvalue weighted by Crippen LogP contribution is -2.64. The Morgan fingerprint density at radius 2 is 2.47 bits per heavy atom. The highest BCUT2D eigenvalue weighted by Gasteiger charge is 2.35. The van der Waals surface area contributed by atoms with Crippen LogP contribution in [0.5, 0.6) is 0 Å². The van der Waals surface area contributed by atoms with E-state index in [9.17, 15) is 4.79 Å². The minimum atomic E-state index is -0.0158. The molecule has 2 atom stereocenters. The number of carbonyl (C=O) groups excluding carboxylic acids is 1. The summed E-state index contributed by atoms with van der Waals surface area (Å²) >= 11 is 6.02. The highest BCUT2D eigenvalue weighted by atomic mass is 35.5. The van der Waals surface area contributed by atoms with Gasteiger partial charge in [0, 0.05) is 38.4 Å². The lowest BCUT2D eigenvalue weighted by Gasteiger charge is -2.45. The van der Waals surface area contributed by atoms with Gasteiger partial charge in [-0.05, 0) is 12.8 Å². The van der Waals surface area contributed by atoms with E-state index in [0.717, 1.165) is 19.5 Å². The molecule has 0 spiro atoms. The fraction of sp³-hybridized carbons (Fsp3) is 0.667. The topological polar surface area (TPSA) is 62.2 Å². The number of halogens is 1. The molecule has 19 heavy (non-hydrogen) atoms. The molecule has 0 saturated carbocycles. The maximum absolute atomic E-state index is 12.2. The average Bonchev–Trinajstić information content (AvgIpc) is 2.75. The summed E-state index contributed by atoms with van der Waals surface area (Å²) < 4.78 is 1.65. The number of carbonyl (C=O) groups is 1. The smallest absolute Gasteiger partial charge is 0.318 e. The van der Waals surface area contributed by atoms with Gasteiger partial charge in [0.15, 0.2) is 0 Å². The number of urea groups is 1. The fourth-order valence-corrected chi connectivity index (χ4v) is 3.09. The minimum absolute atomic E-state index is 0.0158. The molecule has 2 unspecified atom stereocenters. The molecule has 1 aromatic rings. The molecule has 0 radical (unpaired) electrons. The number of nitrogens with zero attached hydrogens (tertiary/aromatic N) is 3. The molecule has 3 aliphatic rings. The van der Waals surface area contributed by atoms with Gasteiger partial charge in [-0.25, -0.2) is 4.79 Å². The van der Waals surface area contributed by atoms with Crippen molar-refractivity contribution in [2.24, 2.45) is 7.05 Å². The number of piperazine rings is 1. The van der Waals surface area contributed by atoms with E-state index in [-0.39, 0.29) is 6.03 Å². The summed E-state index contributed by atoms with van der Waals surface area (Å²) in [6, 6.07) is 0.760. The second-order valence-electron chi connectivity index (χ2n) is 5.24. The van der Waals surface area contributed by atoms with Crippen molar-refractivity contribution in [1.82, 2.24) is 25.3 Å². The van der Waals surface area contributed by atoms with E-state index in [0.29, 0.717) is 29.3 Å². The zero-order chi connectivity index (χ0) is 13.4. The molecule has 6 nitrogen and oxygen atoms in total. The number of fused-ring (bicyclic) bond motifs is 3. The number of hydrogen-bond donors (Lipinski definition) is 2. The summed E-state index contributed by atoms with van der Waals surface area (Å²) in [5, 5.41) is 11.1. The summed E-state index contributed by atoms with van der Waals surface area (Å²) in [6.45, 7) is 2.08. The summed E-state index contributed by atoms with van der Waals surface area (Å²) in [4.78, 5) is 14.1. The molecule has 0 aromatic carbocycles. The number of piperidine rings is 2. The third-order valence-electron chi connectivity index (χ3n) is 3.87. The molecule has 4 rings (SSSR count). The lowest BCUT2D eigenvalue weighted by molar-refractivity contribution is 0.0975. The van der Waals surface area contributed by atoms with Crippen LogP contribution in [0.15, 0.2) is 6.20 Å². The van der Waals surface area contributed by atoms with Crippen LogP contribution < -0.4 is 10.6 Å². The molecule has 1 aromatic heterocycles. The van der Waals surface area contributed by atoms with Crippen molar-refractivity contribution in [2.75, 3.05) is 13.1 Å².